The first kappa shape index (κ1) is 16.1. The highest BCUT2D eigenvalue weighted by Crippen LogP contribution is 2.20. The molecule has 5 nitrogen and oxygen atoms in total. The Morgan fingerprint density at radius 3 is 2.38 bits per heavy atom. The van der Waals surface area contributed by atoms with E-state index in [9.17, 15) is 4.79 Å². The summed E-state index contributed by atoms with van der Waals surface area (Å²) >= 11 is 0. The Kier molecular flexibility index (Phi) is 4.51. The monoisotopic (exact) mass is 322 g/mol. The van der Waals surface area contributed by atoms with Crippen molar-refractivity contribution in [2.24, 2.45) is 7.05 Å². The molecule has 1 amide bonds. The summed E-state index contributed by atoms with van der Waals surface area (Å²) in [5, 5.41) is 3.13. The molecule has 0 fully saturated rings. The third kappa shape index (κ3) is 3.25. The number of imidazole rings is 1. The van der Waals surface area contributed by atoms with E-state index in [1.807, 2.05) is 78.7 Å². The second-order valence-corrected chi connectivity index (χ2v) is 6.01. The zero-order valence-electron chi connectivity index (χ0n) is 14.2. The quantitative estimate of drug-likeness (QED) is 0.785. The number of nitrogens with zero attached hydrogens (tertiary/aromatic N) is 3. The number of hydrogen-bond acceptors (Lipinski definition) is 2. The molecule has 24 heavy (non-hydrogen) atoms. The fourth-order valence-corrected chi connectivity index (χ4v) is 2.90. The minimum absolute atomic E-state index is 0.0331. The van der Waals surface area contributed by atoms with E-state index in [-0.39, 0.29) is 11.9 Å². The van der Waals surface area contributed by atoms with E-state index in [4.69, 9.17) is 0 Å². The van der Waals surface area contributed by atoms with E-state index >= 15 is 0 Å². The van der Waals surface area contributed by atoms with E-state index in [2.05, 4.69) is 10.3 Å². The molecule has 5 heteroatoms. The summed E-state index contributed by atoms with van der Waals surface area (Å²) in [5.74, 6) is 0.782. The highest BCUT2D eigenvalue weighted by Gasteiger charge is 2.21. The van der Waals surface area contributed by atoms with Gasteiger partial charge in [-0.1, -0.05) is 30.3 Å². The van der Waals surface area contributed by atoms with Crippen molar-refractivity contribution in [2.75, 3.05) is 0 Å². The minimum Gasteiger partial charge on any atom is -0.341 e. The summed E-state index contributed by atoms with van der Waals surface area (Å²) in [6, 6.07) is 13.7. The summed E-state index contributed by atoms with van der Waals surface area (Å²) in [5.41, 5.74) is 3.17. The van der Waals surface area contributed by atoms with Gasteiger partial charge >= 0.3 is 0 Å². The third-order valence-corrected chi connectivity index (χ3v) is 4.27. The summed E-state index contributed by atoms with van der Waals surface area (Å²) in [6.07, 6.45) is 3.63. The zero-order valence-corrected chi connectivity index (χ0v) is 14.2. The third-order valence-electron chi connectivity index (χ3n) is 4.27. The minimum atomic E-state index is -0.269. The number of aromatic nitrogens is 3. The first-order chi connectivity index (χ1) is 11.6. The molecule has 3 rings (SSSR count). The smallest absolute Gasteiger partial charge is 0.240 e. The molecule has 0 aliphatic heterocycles. The van der Waals surface area contributed by atoms with Crippen molar-refractivity contribution in [3.8, 4) is 0 Å². The Morgan fingerprint density at radius 1 is 1.12 bits per heavy atom. The molecule has 0 spiro atoms. The number of benzene rings is 1. The molecule has 0 bridgehead atoms. The van der Waals surface area contributed by atoms with Crippen LogP contribution in [0.25, 0.3) is 0 Å². The van der Waals surface area contributed by atoms with Crippen molar-refractivity contribution in [2.45, 2.75) is 26.4 Å². The number of amides is 1. The molecule has 2 heterocycles. The van der Waals surface area contributed by atoms with Crippen molar-refractivity contribution in [1.82, 2.24) is 19.4 Å². The van der Waals surface area contributed by atoms with E-state index < -0.39 is 0 Å². The van der Waals surface area contributed by atoms with Crippen LogP contribution in [0.3, 0.4) is 0 Å². The van der Waals surface area contributed by atoms with Gasteiger partial charge in [-0.2, -0.15) is 0 Å². The number of carbonyl (C=O) groups excluding carboxylic acids is 1. The van der Waals surface area contributed by atoms with Crippen molar-refractivity contribution in [3.05, 3.63) is 77.6 Å². The van der Waals surface area contributed by atoms with Gasteiger partial charge < -0.3 is 14.5 Å². The van der Waals surface area contributed by atoms with Crippen LogP contribution in [0.2, 0.25) is 0 Å². The van der Waals surface area contributed by atoms with Crippen LogP contribution in [0.4, 0.5) is 0 Å². The maximum absolute atomic E-state index is 12.6. The van der Waals surface area contributed by atoms with Gasteiger partial charge in [-0.15, -0.1) is 0 Å². The van der Waals surface area contributed by atoms with E-state index in [1.165, 1.54) is 0 Å². The topological polar surface area (TPSA) is 51.9 Å². The van der Waals surface area contributed by atoms with Crippen LogP contribution >= 0.6 is 0 Å². The van der Waals surface area contributed by atoms with E-state index in [0.717, 1.165) is 22.8 Å². The number of hydrogen-bond donors (Lipinski definition) is 1. The molecule has 0 aliphatic carbocycles. The van der Waals surface area contributed by atoms with Gasteiger partial charge in [0.1, 0.15) is 18.4 Å². The normalized spacial score (nSPS) is 12.1. The van der Waals surface area contributed by atoms with Crippen molar-refractivity contribution in [1.29, 1.82) is 0 Å². The largest absolute Gasteiger partial charge is 0.341 e. The number of nitrogens with one attached hydrogen (secondary N) is 1. The molecule has 0 unspecified atom stereocenters. The lowest BCUT2D eigenvalue weighted by Gasteiger charge is -2.20. The van der Waals surface area contributed by atoms with Crippen LogP contribution in [-0.2, 0) is 18.4 Å². The molecule has 1 N–H and O–H groups in total. The van der Waals surface area contributed by atoms with Gasteiger partial charge in [0.05, 0.1) is 0 Å². The maximum atomic E-state index is 12.6. The lowest BCUT2D eigenvalue weighted by Crippen LogP contribution is -2.34. The van der Waals surface area contributed by atoms with Crippen molar-refractivity contribution < 1.29 is 4.79 Å². The van der Waals surface area contributed by atoms with E-state index in [1.54, 1.807) is 6.20 Å². The van der Waals surface area contributed by atoms with Crippen LogP contribution in [0.1, 0.15) is 28.8 Å². The van der Waals surface area contributed by atoms with Gasteiger partial charge in [0.2, 0.25) is 5.91 Å². The Hall–Kier alpha value is -2.82. The number of rotatable bonds is 5. The molecule has 124 valence electrons. The molecular weight excluding hydrogens is 300 g/mol. The second-order valence-electron chi connectivity index (χ2n) is 6.01. The molecule has 3 aromatic rings. The summed E-state index contributed by atoms with van der Waals surface area (Å²) in [6.45, 7) is 4.32. The first-order valence-corrected chi connectivity index (χ1v) is 8.00. The number of aryl methyl sites for hydroxylation is 3. The summed E-state index contributed by atoms with van der Waals surface area (Å²) in [7, 11) is 1.94. The lowest BCUT2D eigenvalue weighted by molar-refractivity contribution is -0.122. The molecule has 1 atom stereocenters. The predicted octanol–water partition coefficient (Wildman–Crippen LogP) is 2.74. The van der Waals surface area contributed by atoms with Gasteiger partial charge in [0.15, 0.2) is 0 Å². The van der Waals surface area contributed by atoms with Gasteiger partial charge in [0, 0.05) is 30.8 Å². The average Bonchev–Trinajstić information content (AvgIpc) is 3.14. The molecule has 1 aromatic carbocycles. The van der Waals surface area contributed by atoms with Crippen LogP contribution in [0, 0.1) is 13.8 Å². The molecule has 0 saturated heterocycles. The highest BCUT2D eigenvalue weighted by molar-refractivity contribution is 5.77. The first-order valence-electron chi connectivity index (χ1n) is 8.00. The van der Waals surface area contributed by atoms with E-state index in [0.29, 0.717) is 6.54 Å². The molecule has 0 aliphatic rings. The standard InChI is InChI=1S/C19H22N4O/c1-14-9-10-15(2)23(14)13-17(24)21-18(16-7-5-4-6-8-16)19-20-11-12-22(19)3/h4-12,18H,13H2,1-3H3,(H,21,24)/t18-/m1/s1. The second kappa shape index (κ2) is 6.74. The maximum Gasteiger partial charge on any atom is 0.240 e. The fraction of sp³-hybridized carbons (Fsp3) is 0.263. The van der Waals surface area contributed by atoms with Crippen LogP contribution in [0.15, 0.2) is 54.9 Å². The highest BCUT2D eigenvalue weighted by atomic mass is 16.2. The molecule has 2 aromatic heterocycles. The van der Waals surface area contributed by atoms with Gasteiger partial charge in [-0.05, 0) is 31.5 Å². The average molecular weight is 322 g/mol. The SMILES string of the molecule is Cc1ccc(C)n1CC(=O)N[C@H](c1ccccc1)c1nccn1C. The van der Waals surface area contributed by atoms with Gasteiger partial charge in [0.25, 0.3) is 0 Å². The van der Waals surface area contributed by atoms with Crippen molar-refractivity contribution in [3.63, 3.8) is 0 Å². The number of carbonyl (C=O) groups is 1. The molecule has 0 saturated carbocycles. The van der Waals surface area contributed by atoms with Gasteiger partial charge in [-0.25, -0.2) is 4.98 Å². The fourth-order valence-electron chi connectivity index (χ4n) is 2.90. The Bertz CT molecular complexity index is 813. The van der Waals surface area contributed by atoms with Crippen LogP contribution in [0.5, 0.6) is 0 Å². The van der Waals surface area contributed by atoms with Crippen LogP contribution < -0.4 is 5.32 Å². The Balaban J connectivity index is 1.85. The molecular formula is C19H22N4O. The molecule has 0 radical (unpaired) electrons. The summed E-state index contributed by atoms with van der Waals surface area (Å²) in [4.78, 5) is 17.1. The van der Waals surface area contributed by atoms with Crippen molar-refractivity contribution >= 4 is 5.91 Å². The van der Waals surface area contributed by atoms with Gasteiger partial charge in [-0.3, -0.25) is 4.79 Å². The summed E-state index contributed by atoms with van der Waals surface area (Å²) < 4.78 is 3.94. The lowest BCUT2D eigenvalue weighted by atomic mass is 10.1. The predicted molar refractivity (Wildman–Crippen MR) is 93.5 cm³/mol. The van der Waals surface area contributed by atoms with Crippen LogP contribution in [-0.4, -0.2) is 20.0 Å². The zero-order chi connectivity index (χ0) is 17.1. The Morgan fingerprint density at radius 2 is 1.79 bits per heavy atom. The Labute approximate surface area is 142 Å².